The van der Waals surface area contributed by atoms with E-state index in [0.717, 1.165) is 5.56 Å². The number of nitrogens with zero attached hydrogens (tertiary/aromatic N) is 3. The van der Waals surface area contributed by atoms with Gasteiger partial charge in [0.05, 0.1) is 20.4 Å². The van der Waals surface area contributed by atoms with Gasteiger partial charge < -0.3 is 14.2 Å². The highest BCUT2D eigenvalue weighted by Gasteiger charge is 2.17. The predicted octanol–water partition coefficient (Wildman–Crippen LogP) is 2.30. The van der Waals surface area contributed by atoms with Crippen LogP contribution in [0.25, 0.3) is 11.3 Å². The van der Waals surface area contributed by atoms with Crippen LogP contribution in [0.15, 0.2) is 24.4 Å². The SMILES string of the molecule is COc1ccc(-c2cn(CC(=O)OC(C)(C)C)nn2)cc1OC. The standard InChI is InChI=1S/C16H21N3O4/c1-16(2,3)23-15(20)10-19-9-12(17-18-19)11-6-7-13(21-4)14(8-11)22-5/h6-9H,10H2,1-5H3. The summed E-state index contributed by atoms with van der Waals surface area (Å²) in [5.74, 6) is 0.880. The molecule has 1 aromatic heterocycles. The minimum Gasteiger partial charge on any atom is -0.493 e. The molecule has 0 atom stereocenters. The van der Waals surface area contributed by atoms with Crippen LogP contribution in [0, 0.1) is 0 Å². The van der Waals surface area contributed by atoms with Crippen molar-refractivity contribution in [3.63, 3.8) is 0 Å². The first kappa shape index (κ1) is 16.8. The molecule has 0 radical (unpaired) electrons. The lowest BCUT2D eigenvalue weighted by molar-refractivity contribution is -0.155. The maximum Gasteiger partial charge on any atom is 0.328 e. The Morgan fingerprint density at radius 2 is 1.87 bits per heavy atom. The van der Waals surface area contributed by atoms with Gasteiger partial charge in [-0.25, -0.2) is 4.68 Å². The van der Waals surface area contributed by atoms with Gasteiger partial charge in [-0.15, -0.1) is 5.10 Å². The quantitative estimate of drug-likeness (QED) is 0.787. The summed E-state index contributed by atoms with van der Waals surface area (Å²) >= 11 is 0. The van der Waals surface area contributed by atoms with Crippen molar-refractivity contribution in [2.24, 2.45) is 0 Å². The fourth-order valence-corrected chi connectivity index (χ4v) is 2.01. The molecule has 124 valence electrons. The number of aromatic nitrogens is 3. The van der Waals surface area contributed by atoms with Gasteiger partial charge in [-0.1, -0.05) is 5.21 Å². The summed E-state index contributed by atoms with van der Waals surface area (Å²) in [4.78, 5) is 11.8. The number of carbonyl (C=O) groups is 1. The van der Waals surface area contributed by atoms with E-state index < -0.39 is 5.60 Å². The normalized spacial score (nSPS) is 11.2. The second-order valence-electron chi connectivity index (χ2n) is 5.96. The first-order valence-electron chi connectivity index (χ1n) is 7.17. The van der Waals surface area contributed by atoms with Crippen molar-refractivity contribution in [1.29, 1.82) is 0 Å². The summed E-state index contributed by atoms with van der Waals surface area (Å²) in [5, 5.41) is 8.03. The zero-order valence-corrected chi connectivity index (χ0v) is 14.0. The van der Waals surface area contributed by atoms with Gasteiger partial charge in [-0.2, -0.15) is 0 Å². The maximum absolute atomic E-state index is 11.8. The molecule has 0 saturated heterocycles. The minimum atomic E-state index is -0.524. The van der Waals surface area contributed by atoms with E-state index in [1.54, 1.807) is 32.5 Å². The molecule has 0 spiro atoms. The average molecular weight is 319 g/mol. The highest BCUT2D eigenvalue weighted by atomic mass is 16.6. The van der Waals surface area contributed by atoms with Crippen molar-refractivity contribution in [3.8, 4) is 22.8 Å². The van der Waals surface area contributed by atoms with Crippen LogP contribution in [-0.4, -0.2) is 40.8 Å². The number of methoxy groups -OCH3 is 2. The molecule has 1 heterocycles. The smallest absolute Gasteiger partial charge is 0.328 e. The zero-order chi connectivity index (χ0) is 17.0. The molecular formula is C16H21N3O4. The number of carbonyl (C=O) groups excluding carboxylic acids is 1. The van der Waals surface area contributed by atoms with Gasteiger partial charge in [0.25, 0.3) is 0 Å². The number of esters is 1. The molecule has 0 saturated carbocycles. The molecule has 0 bridgehead atoms. The van der Waals surface area contributed by atoms with Crippen LogP contribution >= 0.6 is 0 Å². The van der Waals surface area contributed by atoms with Gasteiger partial charge in [0, 0.05) is 5.56 Å². The number of benzene rings is 1. The van der Waals surface area contributed by atoms with Crippen LogP contribution in [0.5, 0.6) is 11.5 Å². The molecule has 0 unspecified atom stereocenters. The lowest BCUT2D eigenvalue weighted by Gasteiger charge is -2.19. The van der Waals surface area contributed by atoms with E-state index in [1.165, 1.54) is 4.68 Å². The van der Waals surface area contributed by atoms with Gasteiger partial charge in [-0.3, -0.25) is 4.79 Å². The Kier molecular flexibility index (Phi) is 4.88. The fraction of sp³-hybridized carbons (Fsp3) is 0.438. The topological polar surface area (TPSA) is 75.5 Å². The van der Waals surface area contributed by atoms with Gasteiger partial charge >= 0.3 is 5.97 Å². The first-order chi connectivity index (χ1) is 10.8. The molecule has 0 N–H and O–H groups in total. The second kappa shape index (κ2) is 6.68. The van der Waals surface area contributed by atoms with E-state index in [-0.39, 0.29) is 12.5 Å². The maximum atomic E-state index is 11.8. The zero-order valence-electron chi connectivity index (χ0n) is 14.0. The van der Waals surface area contributed by atoms with E-state index in [2.05, 4.69) is 10.3 Å². The molecule has 7 heteroatoms. The van der Waals surface area contributed by atoms with Crippen molar-refractivity contribution in [3.05, 3.63) is 24.4 Å². The molecule has 2 rings (SSSR count). The van der Waals surface area contributed by atoms with Crippen LogP contribution in [-0.2, 0) is 16.1 Å². The van der Waals surface area contributed by atoms with Crippen molar-refractivity contribution in [2.75, 3.05) is 14.2 Å². The van der Waals surface area contributed by atoms with Crippen molar-refractivity contribution in [1.82, 2.24) is 15.0 Å². The third-order valence-corrected chi connectivity index (χ3v) is 2.93. The Morgan fingerprint density at radius 3 is 2.48 bits per heavy atom. The summed E-state index contributed by atoms with van der Waals surface area (Å²) in [6.07, 6.45) is 1.69. The Morgan fingerprint density at radius 1 is 1.17 bits per heavy atom. The summed E-state index contributed by atoms with van der Waals surface area (Å²) in [5.41, 5.74) is 0.928. The van der Waals surface area contributed by atoms with Crippen LogP contribution < -0.4 is 9.47 Å². The molecule has 7 nitrogen and oxygen atoms in total. The lowest BCUT2D eigenvalue weighted by atomic mass is 10.1. The third kappa shape index (κ3) is 4.45. The average Bonchev–Trinajstić information content (AvgIpc) is 2.92. The van der Waals surface area contributed by atoms with E-state index in [9.17, 15) is 4.79 Å². The number of ether oxygens (including phenoxy) is 3. The predicted molar refractivity (Wildman–Crippen MR) is 84.4 cm³/mol. The van der Waals surface area contributed by atoms with Crippen LogP contribution in [0.3, 0.4) is 0 Å². The summed E-state index contributed by atoms with van der Waals surface area (Å²) in [7, 11) is 3.15. The molecule has 2 aromatic rings. The van der Waals surface area contributed by atoms with Crippen molar-refractivity contribution in [2.45, 2.75) is 32.9 Å². The third-order valence-electron chi connectivity index (χ3n) is 2.93. The van der Waals surface area contributed by atoms with Crippen LogP contribution in [0.2, 0.25) is 0 Å². The summed E-state index contributed by atoms with van der Waals surface area (Å²) < 4.78 is 17.2. The fourth-order valence-electron chi connectivity index (χ4n) is 2.01. The molecule has 0 aliphatic rings. The van der Waals surface area contributed by atoms with E-state index in [0.29, 0.717) is 17.2 Å². The van der Waals surface area contributed by atoms with Gasteiger partial charge in [-0.05, 0) is 39.0 Å². The molecule has 0 aliphatic carbocycles. The van der Waals surface area contributed by atoms with Crippen molar-refractivity contribution < 1.29 is 19.0 Å². The second-order valence-corrected chi connectivity index (χ2v) is 5.96. The lowest BCUT2D eigenvalue weighted by Crippen LogP contribution is -2.26. The molecule has 0 fully saturated rings. The van der Waals surface area contributed by atoms with E-state index >= 15 is 0 Å². The van der Waals surface area contributed by atoms with Crippen molar-refractivity contribution >= 4 is 5.97 Å². The Hall–Kier alpha value is -2.57. The molecule has 23 heavy (non-hydrogen) atoms. The Bertz CT molecular complexity index is 689. The largest absolute Gasteiger partial charge is 0.493 e. The van der Waals surface area contributed by atoms with Crippen LogP contribution in [0.1, 0.15) is 20.8 Å². The highest BCUT2D eigenvalue weighted by molar-refractivity contribution is 5.70. The molecule has 0 amide bonds. The van der Waals surface area contributed by atoms with Gasteiger partial charge in [0.15, 0.2) is 11.5 Å². The highest BCUT2D eigenvalue weighted by Crippen LogP contribution is 2.31. The Balaban J connectivity index is 2.14. The van der Waals surface area contributed by atoms with E-state index in [1.807, 2.05) is 26.8 Å². The summed E-state index contributed by atoms with van der Waals surface area (Å²) in [6.45, 7) is 5.47. The molecular weight excluding hydrogens is 298 g/mol. The molecule has 0 aliphatic heterocycles. The number of rotatable bonds is 5. The minimum absolute atomic E-state index is 0.0115. The monoisotopic (exact) mass is 319 g/mol. The van der Waals surface area contributed by atoms with Gasteiger partial charge in [0.1, 0.15) is 17.8 Å². The van der Waals surface area contributed by atoms with E-state index in [4.69, 9.17) is 14.2 Å². The van der Waals surface area contributed by atoms with Crippen LogP contribution in [0.4, 0.5) is 0 Å². The van der Waals surface area contributed by atoms with Gasteiger partial charge in [0.2, 0.25) is 0 Å². The first-order valence-corrected chi connectivity index (χ1v) is 7.17. The number of hydrogen-bond donors (Lipinski definition) is 0. The number of hydrogen-bond acceptors (Lipinski definition) is 6. The summed E-state index contributed by atoms with van der Waals surface area (Å²) in [6, 6.07) is 5.45. The Labute approximate surface area is 135 Å². The molecule has 1 aromatic carbocycles.